The molecule has 4 aliphatic heterocycles. The standard InChI is InChI=1S/C27H33ClN5O.C5H11N/c1-17-13-19-14-32(16-24(17)33(19,2)3)26-20-11-12-31(15-22(20)29-27(30-26)34-4)23-10-6-8-18-7-5-9-21(28)25(18)23;1-6-4-2-3-5-6/h5-10,17,19,24H,11-16H2,1-4H3;2-5H2,1H3/q+1;/t17-,19+,24+;/m0./s1. The highest BCUT2D eigenvalue weighted by atomic mass is 35.5. The lowest BCUT2D eigenvalue weighted by Crippen LogP contribution is -2.63. The van der Waals surface area contributed by atoms with Crippen molar-refractivity contribution in [1.82, 2.24) is 14.9 Å². The first-order chi connectivity index (χ1) is 19.3. The van der Waals surface area contributed by atoms with Crippen LogP contribution in [0, 0.1) is 5.92 Å². The number of fused-ring (bicyclic) bond motifs is 4. The van der Waals surface area contributed by atoms with Gasteiger partial charge in [0.25, 0.3) is 0 Å². The molecule has 0 amide bonds. The van der Waals surface area contributed by atoms with Crippen molar-refractivity contribution in [3.8, 4) is 6.01 Å². The lowest BCUT2D eigenvalue weighted by Gasteiger charge is -2.47. The molecule has 0 aliphatic carbocycles. The number of rotatable bonds is 3. The maximum absolute atomic E-state index is 6.64. The Morgan fingerprint density at radius 2 is 1.73 bits per heavy atom. The minimum absolute atomic E-state index is 0.464. The fraction of sp³-hybridized carbons (Fsp3) is 0.562. The smallest absolute Gasteiger partial charge is 0.318 e. The number of methoxy groups -OCH3 is 1. The Balaban J connectivity index is 0.000000429. The van der Waals surface area contributed by atoms with E-state index in [0.29, 0.717) is 18.1 Å². The second-order valence-corrected chi connectivity index (χ2v) is 13.1. The molecule has 2 aromatic carbocycles. The predicted octanol–water partition coefficient (Wildman–Crippen LogP) is 5.24. The third-order valence-corrected chi connectivity index (χ3v) is 10.3. The van der Waals surface area contributed by atoms with Gasteiger partial charge in [0.2, 0.25) is 0 Å². The first kappa shape index (κ1) is 27.6. The monoisotopic (exact) mass is 563 g/mol. The maximum Gasteiger partial charge on any atom is 0.318 e. The van der Waals surface area contributed by atoms with Gasteiger partial charge in [0.05, 0.1) is 51.6 Å². The van der Waals surface area contributed by atoms with Crippen LogP contribution in [0.25, 0.3) is 10.8 Å². The molecule has 4 aliphatic rings. The molecule has 3 aromatic rings. The number of hydrogen-bond donors (Lipinski definition) is 0. The third kappa shape index (κ3) is 5.01. The summed E-state index contributed by atoms with van der Waals surface area (Å²) >= 11 is 6.64. The van der Waals surface area contributed by atoms with Gasteiger partial charge in [0.1, 0.15) is 17.9 Å². The van der Waals surface area contributed by atoms with Crippen LogP contribution in [-0.4, -0.2) is 92.4 Å². The molecule has 5 heterocycles. The van der Waals surface area contributed by atoms with Gasteiger partial charge in [-0.3, -0.25) is 0 Å². The lowest BCUT2D eigenvalue weighted by atomic mass is 10.0. The molecule has 7 nitrogen and oxygen atoms in total. The average molecular weight is 564 g/mol. The zero-order valence-corrected chi connectivity index (χ0v) is 25.5. The normalized spacial score (nSPS) is 25.5. The van der Waals surface area contributed by atoms with Crippen molar-refractivity contribution in [3.05, 3.63) is 52.7 Å². The number of piperazine rings is 1. The zero-order chi connectivity index (χ0) is 28.0. The number of aromatic nitrogens is 2. The number of likely N-dealkylation sites (N-methyl/N-ethyl adjacent to an activating group) is 1. The molecular formula is C32H44ClN6O+. The molecule has 40 heavy (non-hydrogen) atoms. The Hall–Kier alpha value is -2.61. The minimum Gasteiger partial charge on any atom is -0.467 e. The summed E-state index contributed by atoms with van der Waals surface area (Å²) in [5, 5.41) is 3.06. The van der Waals surface area contributed by atoms with E-state index in [1.165, 1.54) is 37.9 Å². The number of hydrogen-bond acceptors (Lipinski definition) is 6. The zero-order valence-electron chi connectivity index (χ0n) is 24.7. The Labute approximate surface area is 244 Å². The molecule has 3 atom stereocenters. The van der Waals surface area contributed by atoms with E-state index in [2.05, 4.69) is 67.0 Å². The van der Waals surface area contributed by atoms with Crippen LogP contribution in [0.4, 0.5) is 11.5 Å². The Morgan fingerprint density at radius 3 is 2.40 bits per heavy atom. The molecule has 0 radical (unpaired) electrons. The van der Waals surface area contributed by atoms with Crippen molar-refractivity contribution in [2.45, 2.75) is 51.2 Å². The van der Waals surface area contributed by atoms with Gasteiger partial charge in [-0.05, 0) is 56.9 Å². The van der Waals surface area contributed by atoms with E-state index in [1.807, 2.05) is 12.1 Å². The highest BCUT2D eigenvalue weighted by molar-refractivity contribution is 6.36. The number of benzene rings is 2. The SMILES string of the molecule is CN1CCCC1.COc1nc2c(c(N3C[C@H]4C[C@H](C)[C@@H](C3)[N+]4(C)C)n1)CCN(c1cccc3cccc(Cl)c13)C2. The number of quaternary nitrogens is 1. The molecule has 0 N–H and O–H groups in total. The van der Waals surface area contributed by atoms with Crippen molar-refractivity contribution in [2.24, 2.45) is 5.92 Å². The summed E-state index contributed by atoms with van der Waals surface area (Å²) in [7, 11) is 8.64. The molecule has 2 bridgehead atoms. The van der Waals surface area contributed by atoms with Gasteiger partial charge >= 0.3 is 6.01 Å². The molecule has 7 rings (SSSR count). The lowest BCUT2D eigenvalue weighted by molar-refractivity contribution is -0.927. The molecule has 0 unspecified atom stereocenters. The van der Waals surface area contributed by atoms with Crippen LogP contribution in [-0.2, 0) is 13.0 Å². The van der Waals surface area contributed by atoms with Gasteiger partial charge in [0, 0.05) is 35.5 Å². The van der Waals surface area contributed by atoms with E-state index >= 15 is 0 Å². The van der Waals surface area contributed by atoms with Crippen molar-refractivity contribution >= 4 is 33.9 Å². The molecule has 214 valence electrons. The first-order valence-corrected chi connectivity index (χ1v) is 15.3. The van der Waals surface area contributed by atoms with Crippen LogP contribution in [0.3, 0.4) is 0 Å². The Kier molecular flexibility index (Phi) is 7.57. The van der Waals surface area contributed by atoms with Gasteiger partial charge in [-0.2, -0.15) is 9.97 Å². The second-order valence-electron chi connectivity index (χ2n) is 12.7. The molecule has 1 aromatic heterocycles. The average Bonchev–Trinajstić information content (AvgIpc) is 3.44. The fourth-order valence-electron chi connectivity index (χ4n) is 7.55. The highest BCUT2D eigenvalue weighted by Crippen LogP contribution is 2.42. The topological polar surface area (TPSA) is 44.7 Å². The first-order valence-electron chi connectivity index (χ1n) is 14.9. The van der Waals surface area contributed by atoms with Crippen LogP contribution in [0.15, 0.2) is 36.4 Å². The summed E-state index contributed by atoms with van der Waals surface area (Å²) in [6.45, 7) is 8.78. The van der Waals surface area contributed by atoms with Gasteiger partial charge < -0.3 is 23.9 Å². The van der Waals surface area contributed by atoms with Gasteiger partial charge in [-0.1, -0.05) is 42.8 Å². The van der Waals surface area contributed by atoms with E-state index in [9.17, 15) is 0 Å². The van der Waals surface area contributed by atoms with Crippen LogP contribution in [0.5, 0.6) is 6.01 Å². The molecule has 0 saturated carbocycles. The Morgan fingerprint density at radius 1 is 0.975 bits per heavy atom. The van der Waals surface area contributed by atoms with Crippen molar-refractivity contribution in [3.63, 3.8) is 0 Å². The molecule has 0 spiro atoms. The van der Waals surface area contributed by atoms with Gasteiger partial charge in [0.15, 0.2) is 0 Å². The largest absolute Gasteiger partial charge is 0.467 e. The van der Waals surface area contributed by atoms with E-state index in [0.717, 1.165) is 76.0 Å². The van der Waals surface area contributed by atoms with E-state index in [1.54, 1.807) is 7.11 Å². The van der Waals surface area contributed by atoms with Crippen molar-refractivity contribution in [2.75, 3.05) is 70.8 Å². The number of nitrogens with zero attached hydrogens (tertiary/aromatic N) is 6. The van der Waals surface area contributed by atoms with Crippen LogP contribution in [0.2, 0.25) is 5.02 Å². The van der Waals surface area contributed by atoms with E-state index < -0.39 is 0 Å². The maximum atomic E-state index is 6.64. The summed E-state index contributed by atoms with van der Waals surface area (Å²) in [6.07, 6.45) is 5.02. The summed E-state index contributed by atoms with van der Waals surface area (Å²) in [4.78, 5) is 17.0. The number of halogens is 1. The summed E-state index contributed by atoms with van der Waals surface area (Å²) < 4.78 is 6.70. The quantitative estimate of drug-likeness (QED) is 0.406. The molecule has 3 fully saturated rings. The number of ether oxygens (including phenoxy) is 1. The molecule has 3 saturated heterocycles. The Bertz CT molecular complexity index is 1370. The summed E-state index contributed by atoms with van der Waals surface area (Å²) in [5.41, 5.74) is 3.51. The van der Waals surface area contributed by atoms with Crippen molar-refractivity contribution in [1.29, 1.82) is 0 Å². The minimum atomic E-state index is 0.464. The van der Waals surface area contributed by atoms with E-state index in [-0.39, 0.29) is 0 Å². The molecular weight excluding hydrogens is 520 g/mol. The van der Waals surface area contributed by atoms with Crippen LogP contribution in [0.1, 0.15) is 37.4 Å². The van der Waals surface area contributed by atoms with Gasteiger partial charge in [-0.15, -0.1) is 0 Å². The van der Waals surface area contributed by atoms with Crippen molar-refractivity contribution < 1.29 is 9.22 Å². The van der Waals surface area contributed by atoms with E-state index in [4.69, 9.17) is 26.3 Å². The summed E-state index contributed by atoms with van der Waals surface area (Å²) in [6, 6.07) is 14.2. The second kappa shape index (κ2) is 11.0. The number of likely N-dealkylation sites (tertiary alicyclic amines) is 1. The third-order valence-electron chi connectivity index (χ3n) is 9.94. The predicted molar refractivity (Wildman–Crippen MR) is 165 cm³/mol. The van der Waals surface area contributed by atoms with Gasteiger partial charge in [-0.25, -0.2) is 0 Å². The highest BCUT2D eigenvalue weighted by Gasteiger charge is 2.53. The fourth-order valence-corrected chi connectivity index (χ4v) is 7.83. The van der Waals surface area contributed by atoms with Crippen LogP contribution < -0.4 is 14.5 Å². The molecule has 8 heteroatoms. The summed E-state index contributed by atoms with van der Waals surface area (Å²) in [5.74, 6) is 1.82. The van der Waals surface area contributed by atoms with Crippen LogP contribution >= 0.6 is 11.6 Å². The number of anilines is 2.